The quantitative estimate of drug-likeness (QED) is 0.762. The lowest BCUT2D eigenvalue weighted by molar-refractivity contribution is 0.232. The fourth-order valence-electron chi connectivity index (χ4n) is 2.14. The summed E-state index contributed by atoms with van der Waals surface area (Å²) in [5.74, 6) is 0.913. The Hall–Kier alpha value is -0.870. The third-order valence-electron chi connectivity index (χ3n) is 3.18. The number of nitrogens with one attached hydrogen (secondary N) is 1. The summed E-state index contributed by atoms with van der Waals surface area (Å²) >= 11 is 0. The number of aromatic nitrogens is 2. The van der Waals surface area contributed by atoms with E-state index < -0.39 is 0 Å². The Kier molecular flexibility index (Phi) is 3.61. The Balaban J connectivity index is 1.88. The van der Waals surface area contributed by atoms with E-state index in [0.717, 1.165) is 11.5 Å². The summed E-state index contributed by atoms with van der Waals surface area (Å²) < 4.78 is 1.77. The molecule has 1 aliphatic rings. The fraction of sp³-hybridized carbons (Fsp3) is 0.750. The molecule has 2 unspecified atom stereocenters. The average molecular weight is 223 g/mol. The number of hydrogen-bond donors (Lipinski definition) is 2. The Morgan fingerprint density at radius 2 is 2.38 bits per heavy atom. The second kappa shape index (κ2) is 4.97. The van der Waals surface area contributed by atoms with Crippen LogP contribution < -0.4 is 5.32 Å². The molecule has 1 fully saturated rings. The molecule has 2 rings (SSSR count). The highest BCUT2D eigenvalue weighted by atomic mass is 16.3. The van der Waals surface area contributed by atoms with Crippen LogP contribution in [0.25, 0.3) is 0 Å². The number of nitrogens with zero attached hydrogens (tertiary/aromatic N) is 2. The maximum atomic E-state index is 9.39. The van der Waals surface area contributed by atoms with Crippen molar-refractivity contribution in [3.05, 3.63) is 18.0 Å². The van der Waals surface area contributed by atoms with Crippen molar-refractivity contribution in [2.75, 3.05) is 6.61 Å². The highest BCUT2D eigenvalue weighted by Gasteiger charge is 2.25. The second-order valence-electron chi connectivity index (χ2n) is 4.93. The van der Waals surface area contributed by atoms with E-state index in [1.165, 1.54) is 19.3 Å². The van der Waals surface area contributed by atoms with E-state index >= 15 is 0 Å². The summed E-state index contributed by atoms with van der Waals surface area (Å²) in [5.41, 5.74) is 1.06. The van der Waals surface area contributed by atoms with Crippen LogP contribution in [0.15, 0.2) is 12.4 Å². The molecule has 0 aromatic carbocycles. The SMILES string of the molecule is CC(CC1CC1)NC(CO)c1cnn(C)c1. The van der Waals surface area contributed by atoms with Crippen LogP contribution in [0.5, 0.6) is 0 Å². The molecule has 4 nitrogen and oxygen atoms in total. The van der Waals surface area contributed by atoms with E-state index in [1.54, 1.807) is 4.68 Å². The third kappa shape index (κ3) is 3.06. The minimum absolute atomic E-state index is 0.0162. The average Bonchev–Trinajstić information content (AvgIpc) is 2.95. The van der Waals surface area contributed by atoms with Gasteiger partial charge in [0.1, 0.15) is 0 Å². The van der Waals surface area contributed by atoms with Gasteiger partial charge in [0.2, 0.25) is 0 Å². The second-order valence-corrected chi connectivity index (χ2v) is 4.93. The van der Waals surface area contributed by atoms with Crippen molar-refractivity contribution in [3.8, 4) is 0 Å². The van der Waals surface area contributed by atoms with Crippen LogP contribution in [0, 0.1) is 5.92 Å². The van der Waals surface area contributed by atoms with E-state index in [1.807, 2.05) is 19.4 Å². The standard InChI is InChI=1S/C12H21N3O/c1-9(5-10-3-4-10)14-12(8-16)11-6-13-15(2)7-11/h6-7,9-10,12,14,16H,3-5,8H2,1-2H3. The van der Waals surface area contributed by atoms with Crippen molar-refractivity contribution in [2.45, 2.75) is 38.3 Å². The molecule has 4 heteroatoms. The molecule has 1 saturated carbocycles. The van der Waals surface area contributed by atoms with Crippen LogP contribution in [-0.2, 0) is 7.05 Å². The molecule has 1 aromatic rings. The van der Waals surface area contributed by atoms with Crippen LogP contribution in [-0.4, -0.2) is 27.5 Å². The molecule has 0 radical (unpaired) electrons. The Morgan fingerprint density at radius 3 is 2.88 bits per heavy atom. The molecule has 0 saturated heterocycles. The van der Waals surface area contributed by atoms with Gasteiger partial charge in [0.15, 0.2) is 0 Å². The molecule has 1 heterocycles. The van der Waals surface area contributed by atoms with Crippen molar-refractivity contribution in [3.63, 3.8) is 0 Å². The van der Waals surface area contributed by atoms with Crippen LogP contribution >= 0.6 is 0 Å². The molecule has 1 aliphatic carbocycles. The molecular weight excluding hydrogens is 202 g/mol. The van der Waals surface area contributed by atoms with Gasteiger partial charge in [-0.1, -0.05) is 12.8 Å². The van der Waals surface area contributed by atoms with E-state index in [-0.39, 0.29) is 12.6 Å². The zero-order chi connectivity index (χ0) is 11.5. The summed E-state index contributed by atoms with van der Waals surface area (Å²) in [6, 6.07) is 0.479. The van der Waals surface area contributed by atoms with E-state index in [0.29, 0.717) is 6.04 Å². The van der Waals surface area contributed by atoms with Crippen LogP contribution in [0.2, 0.25) is 0 Å². The van der Waals surface area contributed by atoms with Gasteiger partial charge in [-0.25, -0.2) is 0 Å². The zero-order valence-electron chi connectivity index (χ0n) is 10.1. The smallest absolute Gasteiger partial charge is 0.0627 e. The molecule has 0 amide bonds. The first-order valence-corrected chi connectivity index (χ1v) is 6.04. The van der Waals surface area contributed by atoms with E-state index in [9.17, 15) is 5.11 Å². The van der Waals surface area contributed by atoms with Crippen molar-refractivity contribution in [2.24, 2.45) is 13.0 Å². The molecule has 0 spiro atoms. The van der Waals surface area contributed by atoms with Crippen molar-refractivity contribution >= 4 is 0 Å². The lowest BCUT2D eigenvalue weighted by Crippen LogP contribution is -2.32. The van der Waals surface area contributed by atoms with Gasteiger partial charge in [-0.05, 0) is 19.3 Å². The predicted molar refractivity (Wildman–Crippen MR) is 63.0 cm³/mol. The Morgan fingerprint density at radius 1 is 1.62 bits per heavy atom. The number of rotatable bonds is 6. The molecule has 2 atom stereocenters. The van der Waals surface area contributed by atoms with Gasteiger partial charge in [0.25, 0.3) is 0 Å². The summed E-state index contributed by atoms with van der Waals surface area (Å²) in [7, 11) is 1.89. The van der Waals surface area contributed by atoms with Crippen LogP contribution in [0.3, 0.4) is 0 Å². The fourth-order valence-corrected chi connectivity index (χ4v) is 2.14. The van der Waals surface area contributed by atoms with Gasteiger partial charge in [-0.3, -0.25) is 4.68 Å². The third-order valence-corrected chi connectivity index (χ3v) is 3.18. The molecular formula is C12H21N3O. The Bertz CT molecular complexity index is 333. The largest absolute Gasteiger partial charge is 0.394 e. The van der Waals surface area contributed by atoms with E-state index in [2.05, 4.69) is 17.3 Å². The highest BCUT2D eigenvalue weighted by Crippen LogP contribution is 2.33. The number of hydrogen-bond acceptors (Lipinski definition) is 3. The monoisotopic (exact) mass is 223 g/mol. The number of aryl methyl sites for hydroxylation is 1. The summed E-state index contributed by atoms with van der Waals surface area (Å²) in [5, 5.41) is 17.0. The van der Waals surface area contributed by atoms with Crippen LogP contribution in [0.1, 0.15) is 37.8 Å². The van der Waals surface area contributed by atoms with E-state index in [4.69, 9.17) is 0 Å². The summed E-state index contributed by atoms with van der Waals surface area (Å²) in [4.78, 5) is 0. The maximum Gasteiger partial charge on any atom is 0.0627 e. The molecule has 2 N–H and O–H groups in total. The lowest BCUT2D eigenvalue weighted by Gasteiger charge is -2.20. The maximum absolute atomic E-state index is 9.39. The molecule has 90 valence electrons. The first-order valence-electron chi connectivity index (χ1n) is 6.04. The van der Waals surface area contributed by atoms with Gasteiger partial charge in [0, 0.05) is 24.8 Å². The first kappa shape index (κ1) is 11.6. The van der Waals surface area contributed by atoms with Gasteiger partial charge in [-0.15, -0.1) is 0 Å². The highest BCUT2D eigenvalue weighted by molar-refractivity contribution is 5.10. The first-order chi connectivity index (χ1) is 7.69. The minimum Gasteiger partial charge on any atom is -0.394 e. The molecule has 1 aromatic heterocycles. The number of aliphatic hydroxyl groups is 1. The predicted octanol–water partition coefficient (Wildman–Crippen LogP) is 1.23. The molecule has 0 aliphatic heterocycles. The molecule has 16 heavy (non-hydrogen) atoms. The van der Waals surface area contributed by atoms with Crippen molar-refractivity contribution in [1.82, 2.24) is 15.1 Å². The van der Waals surface area contributed by atoms with Gasteiger partial charge in [-0.2, -0.15) is 5.10 Å². The van der Waals surface area contributed by atoms with Gasteiger partial charge < -0.3 is 10.4 Å². The summed E-state index contributed by atoms with van der Waals surface area (Å²) in [6.45, 7) is 2.32. The molecule has 0 bridgehead atoms. The van der Waals surface area contributed by atoms with Gasteiger partial charge >= 0.3 is 0 Å². The zero-order valence-corrected chi connectivity index (χ0v) is 10.1. The number of aliphatic hydroxyl groups excluding tert-OH is 1. The minimum atomic E-state index is 0.0162. The normalized spacial score (nSPS) is 19.7. The van der Waals surface area contributed by atoms with Crippen molar-refractivity contribution < 1.29 is 5.11 Å². The Labute approximate surface area is 96.7 Å². The van der Waals surface area contributed by atoms with Crippen molar-refractivity contribution in [1.29, 1.82) is 0 Å². The summed E-state index contributed by atoms with van der Waals surface area (Å²) in [6.07, 6.45) is 7.75. The topological polar surface area (TPSA) is 50.1 Å². The lowest BCUT2D eigenvalue weighted by atomic mass is 10.1. The van der Waals surface area contributed by atoms with Gasteiger partial charge in [0.05, 0.1) is 18.8 Å². The van der Waals surface area contributed by atoms with Crippen LogP contribution in [0.4, 0.5) is 0 Å².